The van der Waals surface area contributed by atoms with E-state index in [-0.39, 0.29) is 29.3 Å². The molecule has 1 N–H and O–H groups in total. The molecule has 0 saturated carbocycles. The summed E-state index contributed by atoms with van der Waals surface area (Å²) in [7, 11) is 0. The Kier molecular flexibility index (Phi) is 5.56. The quantitative estimate of drug-likeness (QED) is 0.689. The van der Waals surface area contributed by atoms with Crippen molar-refractivity contribution in [3.63, 3.8) is 0 Å². The van der Waals surface area contributed by atoms with Crippen molar-refractivity contribution in [1.82, 2.24) is 0 Å². The third-order valence-electron chi connectivity index (χ3n) is 5.49. The van der Waals surface area contributed by atoms with Crippen LogP contribution in [-0.2, 0) is 9.53 Å². The molecule has 1 aromatic rings. The summed E-state index contributed by atoms with van der Waals surface area (Å²) in [6.45, 7) is 9.16. The van der Waals surface area contributed by atoms with Crippen LogP contribution in [-0.4, -0.2) is 23.3 Å². The summed E-state index contributed by atoms with van der Waals surface area (Å²) < 4.78 is 5.39. The fourth-order valence-corrected chi connectivity index (χ4v) is 4.83. The second kappa shape index (κ2) is 7.44. The van der Waals surface area contributed by atoms with Crippen LogP contribution in [0.25, 0.3) is 5.57 Å². The second-order valence-electron chi connectivity index (χ2n) is 9.28. The predicted molar refractivity (Wildman–Crippen MR) is 109 cm³/mol. The van der Waals surface area contributed by atoms with Crippen LogP contribution in [0.4, 0.5) is 0 Å². The minimum Gasteiger partial charge on any atom is -0.458 e. The summed E-state index contributed by atoms with van der Waals surface area (Å²) in [5.41, 5.74) is 3.95. The molecule has 2 atom stereocenters. The van der Waals surface area contributed by atoms with Gasteiger partial charge in [0.25, 0.3) is 0 Å². The molecule has 1 aliphatic heterocycles. The number of hydrogen-bond acceptors (Lipinski definition) is 3. The Labute approximate surface area is 167 Å². The largest absolute Gasteiger partial charge is 0.458 e. The van der Waals surface area contributed by atoms with Crippen molar-refractivity contribution in [3.05, 3.63) is 52.6 Å². The second-order valence-corrected chi connectivity index (χ2v) is 9.72. The van der Waals surface area contributed by atoms with Gasteiger partial charge in [0.05, 0.1) is 12.5 Å². The van der Waals surface area contributed by atoms with Crippen molar-refractivity contribution in [3.8, 4) is 0 Å². The zero-order chi connectivity index (χ0) is 19.8. The molecule has 2 aliphatic rings. The Morgan fingerprint density at radius 3 is 2.48 bits per heavy atom. The number of allylic oxidation sites excluding steroid dienone is 3. The average molecular weight is 389 g/mol. The number of rotatable bonds is 3. The lowest BCUT2D eigenvalue weighted by Gasteiger charge is -2.43. The van der Waals surface area contributed by atoms with Gasteiger partial charge in [0.1, 0.15) is 6.10 Å². The minimum atomic E-state index is -0.621. The summed E-state index contributed by atoms with van der Waals surface area (Å²) in [6, 6.07) is 8.01. The molecule has 0 unspecified atom stereocenters. The van der Waals surface area contributed by atoms with Crippen molar-refractivity contribution in [2.45, 2.75) is 65.6 Å². The van der Waals surface area contributed by atoms with Crippen LogP contribution in [0.2, 0.25) is 5.02 Å². The Hall–Kier alpha value is -1.58. The molecule has 0 radical (unpaired) electrons. The topological polar surface area (TPSA) is 46.5 Å². The van der Waals surface area contributed by atoms with Gasteiger partial charge in [0, 0.05) is 11.4 Å². The van der Waals surface area contributed by atoms with Crippen LogP contribution in [0.5, 0.6) is 0 Å². The van der Waals surface area contributed by atoms with E-state index in [1.165, 1.54) is 16.7 Å². The Morgan fingerprint density at radius 2 is 1.85 bits per heavy atom. The third kappa shape index (κ3) is 4.83. The van der Waals surface area contributed by atoms with E-state index in [1.54, 1.807) is 0 Å². The van der Waals surface area contributed by atoms with Gasteiger partial charge in [0.15, 0.2) is 0 Å². The third-order valence-corrected chi connectivity index (χ3v) is 5.74. The number of benzene rings is 1. The minimum absolute atomic E-state index is 0.00941. The van der Waals surface area contributed by atoms with Crippen molar-refractivity contribution < 1.29 is 14.6 Å². The van der Waals surface area contributed by atoms with E-state index in [0.717, 1.165) is 17.9 Å². The van der Waals surface area contributed by atoms with E-state index in [0.29, 0.717) is 6.42 Å². The zero-order valence-electron chi connectivity index (χ0n) is 16.6. The fourth-order valence-electron chi connectivity index (χ4n) is 4.70. The van der Waals surface area contributed by atoms with Crippen molar-refractivity contribution in [2.75, 3.05) is 0 Å². The molecule has 1 aliphatic carbocycles. The highest BCUT2D eigenvalue weighted by molar-refractivity contribution is 6.30. The van der Waals surface area contributed by atoms with Gasteiger partial charge in [-0.15, -0.1) is 0 Å². The highest BCUT2D eigenvalue weighted by Gasteiger charge is 2.38. The van der Waals surface area contributed by atoms with Crippen LogP contribution in [0, 0.1) is 10.8 Å². The molecule has 0 aromatic heterocycles. The number of aliphatic hydroxyl groups is 1. The maximum absolute atomic E-state index is 11.6. The molecule has 0 amide bonds. The van der Waals surface area contributed by atoms with Crippen molar-refractivity contribution in [1.29, 1.82) is 0 Å². The van der Waals surface area contributed by atoms with Gasteiger partial charge in [-0.05, 0) is 58.6 Å². The Morgan fingerprint density at radius 1 is 1.19 bits per heavy atom. The number of hydrogen-bond donors (Lipinski definition) is 1. The maximum Gasteiger partial charge on any atom is 0.309 e. The summed E-state index contributed by atoms with van der Waals surface area (Å²) in [5.74, 6) is -0.334. The number of cyclic esters (lactones) is 1. The van der Waals surface area contributed by atoms with E-state index >= 15 is 0 Å². The molecule has 0 bridgehead atoms. The lowest BCUT2D eigenvalue weighted by Crippen LogP contribution is -2.32. The molecule has 27 heavy (non-hydrogen) atoms. The standard InChI is InChI=1S/C23H29ClO3/c1-22(2)13-19(15-5-7-16(24)8-6-15)20(23(3,4)14-22)10-9-18-11-17(25)12-21(26)27-18/h5-10,17-18,25H,11-14H2,1-4H3/b10-9+/t17-,18-/m0/s1. The molecule has 0 spiro atoms. The SMILES string of the molecule is CC1(C)CC(c2ccc(Cl)cc2)=C(/C=C/[C@H]2C[C@H](O)CC(=O)O2)C(C)(C)C1. The lowest BCUT2D eigenvalue weighted by molar-refractivity contribution is -0.156. The maximum atomic E-state index is 11.6. The predicted octanol–water partition coefficient (Wildman–Crippen LogP) is 5.56. The first-order valence-corrected chi connectivity index (χ1v) is 9.99. The van der Waals surface area contributed by atoms with E-state index in [4.69, 9.17) is 16.3 Å². The zero-order valence-corrected chi connectivity index (χ0v) is 17.3. The Balaban J connectivity index is 2.00. The number of halogens is 1. The lowest BCUT2D eigenvalue weighted by atomic mass is 9.61. The summed E-state index contributed by atoms with van der Waals surface area (Å²) in [6.07, 6.45) is 5.64. The summed E-state index contributed by atoms with van der Waals surface area (Å²) in [5, 5.41) is 10.6. The summed E-state index contributed by atoms with van der Waals surface area (Å²) >= 11 is 6.09. The molecule has 3 rings (SSSR count). The number of carbonyl (C=O) groups is 1. The highest BCUT2D eigenvalue weighted by Crippen LogP contribution is 2.52. The van der Waals surface area contributed by atoms with Crippen molar-refractivity contribution >= 4 is 23.1 Å². The molecule has 1 aromatic carbocycles. The molecule has 1 heterocycles. The average Bonchev–Trinajstić information content (AvgIpc) is 2.51. The van der Waals surface area contributed by atoms with E-state index in [1.807, 2.05) is 18.2 Å². The molecule has 1 fully saturated rings. The smallest absolute Gasteiger partial charge is 0.309 e. The van der Waals surface area contributed by atoms with Crippen molar-refractivity contribution in [2.24, 2.45) is 10.8 Å². The van der Waals surface area contributed by atoms with Gasteiger partial charge < -0.3 is 9.84 Å². The number of esters is 1. The molecule has 1 saturated heterocycles. The van der Waals surface area contributed by atoms with Crippen LogP contribution < -0.4 is 0 Å². The van der Waals surface area contributed by atoms with Gasteiger partial charge in [-0.1, -0.05) is 57.5 Å². The molecule has 3 nitrogen and oxygen atoms in total. The van der Waals surface area contributed by atoms with Gasteiger partial charge in [-0.3, -0.25) is 4.79 Å². The van der Waals surface area contributed by atoms with E-state index < -0.39 is 6.10 Å². The first-order valence-electron chi connectivity index (χ1n) is 9.61. The first kappa shape index (κ1) is 20.2. The first-order chi connectivity index (χ1) is 12.6. The normalized spacial score (nSPS) is 27.7. The van der Waals surface area contributed by atoms with Crippen LogP contribution >= 0.6 is 11.6 Å². The fraction of sp³-hybridized carbons (Fsp3) is 0.522. The van der Waals surface area contributed by atoms with Gasteiger partial charge in [-0.25, -0.2) is 0 Å². The Bertz CT molecular complexity index is 771. The molecule has 4 heteroatoms. The highest BCUT2D eigenvalue weighted by atomic mass is 35.5. The molecule has 146 valence electrons. The van der Waals surface area contributed by atoms with Gasteiger partial charge >= 0.3 is 5.97 Å². The van der Waals surface area contributed by atoms with Crippen LogP contribution in [0.3, 0.4) is 0 Å². The van der Waals surface area contributed by atoms with E-state index in [9.17, 15) is 9.90 Å². The number of ether oxygens (including phenoxy) is 1. The summed E-state index contributed by atoms with van der Waals surface area (Å²) in [4.78, 5) is 11.6. The van der Waals surface area contributed by atoms with Gasteiger partial charge in [0.2, 0.25) is 0 Å². The van der Waals surface area contributed by atoms with Crippen LogP contribution in [0.1, 0.15) is 58.9 Å². The van der Waals surface area contributed by atoms with Gasteiger partial charge in [-0.2, -0.15) is 0 Å². The molecular weight excluding hydrogens is 360 g/mol. The van der Waals surface area contributed by atoms with Crippen LogP contribution in [0.15, 0.2) is 42.0 Å². The number of carbonyl (C=O) groups excluding carboxylic acids is 1. The monoisotopic (exact) mass is 388 g/mol. The van der Waals surface area contributed by atoms with E-state index in [2.05, 4.69) is 45.9 Å². The number of aliphatic hydroxyl groups excluding tert-OH is 1. The molecular formula is C23H29ClO3.